The van der Waals surface area contributed by atoms with E-state index in [4.69, 9.17) is 0 Å². The highest BCUT2D eigenvalue weighted by atomic mass is 32.1. The topological polar surface area (TPSA) is 18.5 Å². The standard InChI is InChI=1S/C6H12O2S2/c1-2-3-4-5-7-8-6(9)10/h2-5H2,1H3,(H,9,10). The van der Waals surface area contributed by atoms with E-state index in [1.165, 1.54) is 6.42 Å². The number of thiocarbonyl (C=S) groups is 1. The lowest BCUT2D eigenvalue weighted by molar-refractivity contribution is -0.216. The van der Waals surface area contributed by atoms with Crippen molar-refractivity contribution in [2.75, 3.05) is 6.61 Å². The quantitative estimate of drug-likeness (QED) is 0.230. The van der Waals surface area contributed by atoms with Gasteiger partial charge in [-0.1, -0.05) is 32.4 Å². The van der Waals surface area contributed by atoms with E-state index in [0.717, 1.165) is 12.8 Å². The third-order valence-corrected chi connectivity index (χ3v) is 1.10. The molecule has 60 valence electrons. The molecule has 0 spiro atoms. The molecule has 0 aliphatic carbocycles. The SMILES string of the molecule is CCCCCOOC(=S)S. The van der Waals surface area contributed by atoms with Crippen LogP contribution in [0, 0.1) is 0 Å². The smallest absolute Gasteiger partial charge is 0.260 e. The Morgan fingerprint density at radius 2 is 2.20 bits per heavy atom. The van der Waals surface area contributed by atoms with Crippen LogP contribution in [0.15, 0.2) is 0 Å². The zero-order valence-electron chi connectivity index (χ0n) is 6.00. The molecule has 0 atom stereocenters. The average molecular weight is 180 g/mol. The highest BCUT2D eigenvalue weighted by Crippen LogP contribution is 1.95. The first-order valence-electron chi connectivity index (χ1n) is 3.29. The van der Waals surface area contributed by atoms with Gasteiger partial charge in [-0.2, -0.15) is 4.89 Å². The van der Waals surface area contributed by atoms with E-state index in [1.54, 1.807) is 0 Å². The first-order valence-corrected chi connectivity index (χ1v) is 4.15. The summed E-state index contributed by atoms with van der Waals surface area (Å²) in [6, 6.07) is 0. The van der Waals surface area contributed by atoms with Crippen LogP contribution >= 0.6 is 24.8 Å². The van der Waals surface area contributed by atoms with Crippen molar-refractivity contribution < 1.29 is 9.78 Å². The fourth-order valence-corrected chi connectivity index (χ4v) is 0.604. The minimum atomic E-state index is 0.136. The number of hydrogen-bond donors (Lipinski definition) is 1. The van der Waals surface area contributed by atoms with Crippen molar-refractivity contribution in [3.05, 3.63) is 0 Å². The number of rotatable bonds is 5. The lowest BCUT2D eigenvalue weighted by Gasteiger charge is -2.00. The first kappa shape index (κ1) is 10.2. The normalized spacial score (nSPS) is 9.40. The van der Waals surface area contributed by atoms with Crippen molar-refractivity contribution in [3.63, 3.8) is 0 Å². The molecular weight excluding hydrogens is 168 g/mol. The molecule has 0 amide bonds. The van der Waals surface area contributed by atoms with Crippen LogP contribution in [0.2, 0.25) is 0 Å². The van der Waals surface area contributed by atoms with Gasteiger partial charge in [-0.3, -0.25) is 0 Å². The van der Waals surface area contributed by atoms with Gasteiger partial charge in [0.05, 0.1) is 6.61 Å². The van der Waals surface area contributed by atoms with Crippen molar-refractivity contribution in [1.82, 2.24) is 0 Å². The highest BCUT2D eigenvalue weighted by Gasteiger charge is 1.89. The lowest BCUT2D eigenvalue weighted by atomic mass is 10.3. The molecule has 0 bridgehead atoms. The van der Waals surface area contributed by atoms with E-state index in [9.17, 15) is 0 Å². The summed E-state index contributed by atoms with van der Waals surface area (Å²) < 4.78 is 0.136. The minimum absolute atomic E-state index is 0.136. The van der Waals surface area contributed by atoms with E-state index < -0.39 is 0 Å². The third-order valence-electron chi connectivity index (χ3n) is 0.961. The minimum Gasteiger partial charge on any atom is -0.319 e. The van der Waals surface area contributed by atoms with Gasteiger partial charge < -0.3 is 4.89 Å². The molecule has 0 N–H and O–H groups in total. The predicted molar refractivity (Wildman–Crippen MR) is 48.1 cm³/mol. The summed E-state index contributed by atoms with van der Waals surface area (Å²) in [6.45, 7) is 2.72. The molecular formula is C6H12O2S2. The summed E-state index contributed by atoms with van der Waals surface area (Å²) in [6.07, 6.45) is 3.34. The second kappa shape index (κ2) is 7.31. The Bertz CT molecular complexity index is 95.7. The molecule has 0 aliphatic heterocycles. The molecule has 0 heterocycles. The van der Waals surface area contributed by atoms with Gasteiger partial charge in [-0.25, -0.2) is 0 Å². The Labute approximate surface area is 72.2 Å². The zero-order chi connectivity index (χ0) is 7.82. The van der Waals surface area contributed by atoms with Crippen LogP contribution in [0.4, 0.5) is 0 Å². The third kappa shape index (κ3) is 8.20. The van der Waals surface area contributed by atoms with Crippen LogP contribution in [0.1, 0.15) is 26.2 Å². The molecule has 0 saturated carbocycles. The van der Waals surface area contributed by atoms with Gasteiger partial charge in [0.1, 0.15) is 0 Å². The zero-order valence-corrected chi connectivity index (χ0v) is 7.71. The molecule has 0 aromatic heterocycles. The summed E-state index contributed by atoms with van der Waals surface area (Å²) in [5, 5.41) is 0. The monoisotopic (exact) mass is 180 g/mol. The molecule has 2 nitrogen and oxygen atoms in total. The Kier molecular flexibility index (Phi) is 7.45. The lowest BCUT2D eigenvalue weighted by Crippen LogP contribution is -1.97. The number of hydrogen-bond acceptors (Lipinski definition) is 3. The Morgan fingerprint density at radius 1 is 1.50 bits per heavy atom. The van der Waals surface area contributed by atoms with Gasteiger partial charge in [0.2, 0.25) is 0 Å². The molecule has 0 aromatic carbocycles. The molecule has 0 saturated heterocycles. The molecule has 0 aromatic rings. The summed E-state index contributed by atoms with van der Waals surface area (Å²) >= 11 is 8.20. The van der Waals surface area contributed by atoms with Crippen LogP contribution < -0.4 is 0 Å². The number of thiol groups is 1. The molecule has 0 unspecified atom stereocenters. The predicted octanol–water partition coefficient (Wildman–Crippen LogP) is 2.34. The van der Waals surface area contributed by atoms with Crippen molar-refractivity contribution in [3.8, 4) is 0 Å². The van der Waals surface area contributed by atoms with Crippen LogP contribution in [0.25, 0.3) is 0 Å². The molecule has 4 heteroatoms. The summed E-state index contributed by atoms with van der Waals surface area (Å²) in [5.41, 5.74) is 0. The van der Waals surface area contributed by atoms with E-state index >= 15 is 0 Å². The largest absolute Gasteiger partial charge is 0.319 e. The summed E-state index contributed by atoms with van der Waals surface area (Å²) in [4.78, 5) is 9.16. The highest BCUT2D eigenvalue weighted by molar-refractivity contribution is 8.10. The van der Waals surface area contributed by atoms with Crippen LogP contribution in [0.5, 0.6) is 0 Å². The second-order valence-electron chi connectivity index (χ2n) is 1.88. The Hall–Kier alpha value is 0.200. The maximum Gasteiger partial charge on any atom is 0.260 e. The van der Waals surface area contributed by atoms with E-state index in [0.29, 0.717) is 6.61 Å². The molecule has 10 heavy (non-hydrogen) atoms. The van der Waals surface area contributed by atoms with Gasteiger partial charge in [0.15, 0.2) is 0 Å². The average Bonchev–Trinajstić information content (AvgIpc) is 1.87. The van der Waals surface area contributed by atoms with Gasteiger partial charge in [0, 0.05) is 0 Å². The van der Waals surface area contributed by atoms with Gasteiger partial charge in [-0.05, 0) is 18.6 Å². The Balaban J connectivity index is 2.84. The maximum absolute atomic E-state index is 4.68. The van der Waals surface area contributed by atoms with E-state index in [-0.39, 0.29) is 4.38 Å². The fraction of sp³-hybridized carbons (Fsp3) is 0.833. The van der Waals surface area contributed by atoms with Crippen LogP contribution in [0.3, 0.4) is 0 Å². The maximum atomic E-state index is 4.68. The summed E-state index contributed by atoms with van der Waals surface area (Å²) in [7, 11) is 0. The van der Waals surface area contributed by atoms with Crippen molar-refractivity contribution in [1.29, 1.82) is 0 Å². The summed E-state index contributed by atoms with van der Waals surface area (Å²) in [5.74, 6) is 0. The first-order chi connectivity index (χ1) is 4.77. The van der Waals surface area contributed by atoms with Crippen LogP contribution in [-0.2, 0) is 9.78 Å². The molecule has 0 radical (unpaired) electrons. The van der Waals surface area contributed by atoms with Crippen molar-refractivity contribution in [2.45, 2.75) is 26.2 Å². The Morgan fingerprint density at radius 3 is 2.70 bits per heavy atom. The fourth-order valence-electron chi connectivity index (χ4n) is 0.503. The van der Waals surface area contributed by atoms with E-state index in [2.05, 4.69) is 41.5 Å². The number of unbranched alkanes of at least 4 members (excludes halogenated alkanes) is 2. The van der Waals surface area contributed by atoms with E-state index in [1.807, 2.05) is 0 Å². The molecule has 0 aliphatic rings. The van der Waals surface area contributed by atoms with Crippen molar-refractivity contribution in [2.24, 2.45) is 0 Å². The molecule has 0 fully saturated rings. The van der Waals surface area contributed by atoms with Crippen LogP contribution in [-0.4, -0.2) is 11.0 Å². The van der Waals surface area contributed by atoms with Gasteiger partial charge in [-0.15, -0.1) is 0 Å². The second-order valence-corrected chi connectivity index (χ2v) is 2.96. The van der Waals surface area contributed by atoms with Gasteiger partial charge >= 0.3 is 0 Å². The van der Waals surface area contributed by atoms with Gasteiger partial charge in [0.25, 0.3) is 4.38 Å². The van der Waals surface area contributed by atoms with Crippen molar-refractivity contribution >= 4 is 29.2 Å². The molecule has 0 rings (SSSR count).